The Morgan fingerprint density at radius 2 is 2.42 bits per heavy atom. The lowest BCUT2D eigenvalue weighted by atomic mass is 10.2. The first-order valence-corrected chi connectivity index (χ1v) is 3.41. The van der Waals surface area contributed by atoms with Gasteiger partial charge in [0.2, 0.25) is 5.76 Å². The Kier molecular flexibility index (Phi) is 2.28. The predicted molar refractivity (Wildman–Crippen MR) is 40.2 cm³/mol. The molecular formula is C8H8O4. The van der Waals surface area contributed by atoms with E-state index in [0.29, 0.717) is 17.6 Å². The van der Waals surface area contributed by atoms with Crippen molar-refractivity contribution in [3.05, 3.63) is 23.2 Å². The van der Waals surface area contributed by atoms with Crippen LogP contribution in [-0.4, -0.2) is 17.4 Å². The molecule has 0 atom stereocenters. The topological polar surface area (TPSA) is 67.5 Å². The second-order valence-electron chi connectivity index (χ2n) is 2.39. The lowest BCUT2D eigenvalue weighted by Crippen LogP contribution is -1.92. The molecule has 1 aromatic heterocycles. The molecule has 0 spiro atoms. The average Bonchev–Trinajstić information content (AvgIpc) is 2.34. The van der Waals surface area contributed by atoms with Crippen LogP contribution in [0.2, 0.25) is 0 Å². The summed E-state index contributed by atoms with van der Waals surface area (Å²) in [6.07, 6.45) is 0.802. The molecule has 1 N–H and O–H groups in total. The van der Waals surface area contributed by atoms with Gasteiger partial charge in [0.05, 0.1) is 6.42 Å². The molecule has 1 heterocycles. The van der Waals surface area contributed by atoms with Crippen LogP contribution in [0, 0.1) is 6.92 Å². The number of carbonyl (C=O) groups is 2. The zero-order chi connectivity index (χ0) is 9.14. The van der Waals surface area contributed by atoms with E-state index in [0.717, 1.165) is 0 Å². The molecule has 0 aliphatic rings. The molecule has 4 heteroatoms. The summed E-state index contributed by atoms with van der Waals surface area (Å²) in [5, 5.41) is 8.51. The predicted octanol–water partition coefficient (Wildman–Crippen LogP) is 1.03. The van der Waals surface area contributed by atoms with E-state index >= 15 is 0 Å². The Balaban J connectivity index is 2.99. The summed E-state index contributed by atoms with van der Waals surface area (Å²) in [4.78, 5) is 20.5. The molecule has 64 valence electrons. The zero-order valence-electron chi connectivity index (χ0n) is 6.53. The lowest BCUT2D eigenvalue weighted by Gasteiger charge is -1.87. The molecule has 4 nitrogen and oxygen atoms in total. The molecular weight excluding hydrogens is 160 g/mol. The molecule has 0 aliphatic carbocycles. The van der Waals surface area contributed by atoms with Crippen molar-refractivity contribution >= 4 is 12.3 Å². The molecule has 0 radical (unpaired) electrons. The quantitative estimate of drug-likeness (QED) is 0.684. The lowest BCUT2D eigenvalue weighted by molar-refractivity contribution is -0.107. The summed E-state index contributed by atoms with van der Waals surface area (Å²) in [6, 6.07) is 1.40. The fraction of sp³-hybridized carbons (Fsp3) is 0.250. The van der Waals surface area contributed by atoms with Crippen LogP contribution in [0.3, 0.4) is 0 Å². The molecule has 0 unspecified atom stereocenters. The Morgan fingerprint density at radius 3 is 2.83 bits per heavy atom. The maximum Gasteiger partial charge on any atom is 0.371 e. The van der Waals surface area contributed by atoms with Gasteiger partial charge in [0.15, 0.2) is 0 Å². The SMILES string of the molecule is Cc1cc(C(=O)O)oc1CC=O. The summed E-state index contributed by atoms with van der Waals surface area (Å²) < 4.78 is 4.89. The molecule has 0 saturated carbocycles. The molecule has 0 aliphatic heterocycles. The molecule has 1 aromatic rings. The van der Waals surface area contributed by atoms with Gasteiger partial charge in [-0.2, -0.15) is 0 Å². The van der Waals surface area contributed by atoms with Crippen LogP contribution >= 0.6 is 0 Å². The maximum atomic E-state index is 10.4. The Morgan fingerprint density at radius 1 is 1.75 bits per heavy atom. The van der Waals surface area contributed by atoms with E-state index in [2.05, 4.69) is 0 Å². The van der Waals surface area contributed by atoms with Gasteiger partial charge in [-0.15, -0.1) is 0 Å². The molecule has 1 rings (SSSR count). The minimum Gasteiger partial charge on any atom is -0.475 e. The van der Waals surface area contributed by atoms with E-state index in [1.807, 2.05) is 0 Å². The van der Waals surface area contributed by atoms with E-state index in [4.69, 9.17) is 9.52 Å². The Bertz CT molecular complexity index is 311. The van der Waals surface area contributed by atoms with Crippen LogP contribution in [0.4, 0.5) is 0 Å². The summed E-state index contributed by atoms with van der Waals surface area (Å²) >= 11 is 0. The zero-order valence-corrected chi connectivity index (χ0v) is 6.53. The maximum absolute atomic E-state index is 10.4. The number of carboxylic acid groups (broad SMARTS) is 1. The number of furan rings is 1. The van der Waals surface area contributed by atoms with Gasteiger partial charge < -0.3 is 14.3 Å². The van der Waals surface area contributed by atoms with Gasteiger partial charge in [0.1, 0.15) is 12.0 Å². The van der Waals surface area contributed by atoms with E-state index in [1.54, 1.807) is 6.92 Å². The molecule has 12 heavy (non-hydrogen) atoms. The van der Waals surface area contributed by atoms with Crippen molar-refractivity contribution in [2.24, 2.45) is 0 Å². The van der Waals surface area contributed by atoms with Gasteiger partial charge in [-0.05, 0) is 18.6 Å². The van der Waals surface area contributed by atoms with Crippen molar-refractivity contribution in [1.82, 2.24) is 0 Å². The second kappa shape index (κ2) is 3.21. The normalized spacial score (nSPS) is 9.75. The van der Waals surface area contributed by atoms with E-state index in [1.165, 1.54) is 6.07 Å². The van der Waals surface area contributed by atoms with Crippen LogP contribution in [0.5, 0.6) is 0 Å². The smallest absolute Gasteiger partial charge is 0.371 e. The van der Waals surface area contributed by atoms with E-state index in [9.17, 15) is 9.59 Å². The fourth-order valence-electron chi connectivity index (χ4n) is 0.904. The fourth-order valence-corrected chi connectivity index (χ4v) is 0.904. The summed E-state index contributed by atoms with van der Waals surface area (Å²) in [5.41, 5.74) is 0.694. The molecule has 0 fully saturated rings. The standard InChI is InChI=1S/C8H8O4/c1-5-4-7(8(10)11)12-6(5)2-3-9/h3-4H,2H2,1H3,(H,10,11). The van der Waals surface area contributed by atoms with Gasteiger partial charge in [0, 0.05) is 0 Å². The van der Waals surface area contributed by atoms with E-state index < -0.39 is 5.97 Å². The van der Waals surface area contributed by atoms with Crippen molar-refractivity contribution in [1.29, 1.82) is 0 Å². The molecule has 0 aromatic carbocycles. The van der Waals surface area contributed by atoms with Crippen molar-refractivity contribution in [2.45, 2.75) is 13.3 Å². The summed E-state index contributed by atoms with van der Waals surface area (Å²) in [6.45, 7) is 1.70. The van der Waals surface area contributed by atoms with Crippen LogP contribution in [-0.2, 0) is 11.2 Å². The first-order valence-electron chi connectivity index (χ1n) is 3.41. The van der Waals surface area contributed by atoms with Gasteiger partial charge in [0.25, 0.3) is 0 Å². The number of aldehydes is 1. The van der Waals surface area contributed by atoms with Crippen molar-refractivity contribution in [3.8, 4) is 0 Å². The largest absolute Gasteiger partial charge is 0.475 e. The third-order valence-corrected chi connectivity index (χ3v) is 1.50. The first kappa shape index (κ1) is 8.52. The minimum absolute atomic E-state index is 0.121. The highest BCUT2D eigenvalue weighted by Crippen LogP contribution is 2.14. The van der Waals surface area contributed by atoms with Gasteiger partial charge in [-0.1, -0.05) is 0 Å². The number of hydrogen-bond donors (Lipinski definition) is 1. The number of aromatic carboxylic acids is 1. The second-order valence-corrected chi connectivity index (χ2v) is 2.39. The third kappa shape index (κ3) is 1.53. The number of aryl methyl sites for hydroxylation is 1. The van der Waals surface area contributed by atoms with Crippen LogP contribution in [0.1, 0.15) is 21.9 Å². The number of carbonyl (C=O) groups excluding carboxylic acids is 1. The van der Waals surface area contributed by atoms with Gasteiger partial charge >= 0.3 is 5.97 Å². The van der Waals surface area contributed by atoms with Crippen LogP contribution in [0.25, 0.3) is 0 Å². The highest BCUT2D eigenvalue weighted by molar-refractivity contribution is 5.84. The molecule has 0 bridgehead atoms. The summed E-state index contributed by atoms with van der Waals surface area (Å²) in [5.74, 6) is -0.818. The Hall–Kier alpha value is -1.58. The van der Waals surface area contributed by atoms with Gasteiger partial charge in [-0.25, -0.2) is 4.79 Å². The van der Waals surface area contributed by atoms with E-state index in [-0.39, 0.29) is 12.2 Å². The third-order valence-electron chi connectivity index (χ3n) is 1.50. The highest BCUT2D eigenvalue weighted by Gasteiger charge is 2.11. The van der Waals surface area contributed by atoms with Gasteiger partial charge in [-0.3, -0.25) is 0 Å². The highest BCUT2D eigenvalue weighted by atomic mass is 16.4. The monoisotopic (exact) mass is 168 g/mol. The first-order chi connectivity index (χ1) is 5.65. The van der Waals surface area contributed by atoms with Crippen LogP contribution in [0.15, 0.2) is 10.5 Å². The molecule has 0 amide bonds. The minimum atomic E-state index is -1.12. The average molecular weight is 168 g/mol. The number of hydrogen-bond acceptors (Lipinski definition) is 3. The summed E-state index contributed by atoms with van der Waals surface area (Å²) in [7, 11) is 0. The number of rotatable bonds is 3. The van der Waals surface area contributed by atoms with Crippen LogP contribution < -0.4 is 0 Å². The Labute approximate surface area is 68.8 Å². The number of carboxylic acids is 1. The van der Waals surface area contributed by atoms with Crippen molar-refractivity contribution in [3.63, 3.8) is 0 Å². The molecule has 0 saturated heterocycles. The van der Waals surface area contributed by atoms with Crippen molar-refractivity contribution in [2.75, 3.05) is 0 Å². The van der Waals surface area contributed by atoms with Crippen molar-refractivity contribution < 1.29 is 19.1 Å².